The number of hydrogen-bond donors (Lipinski definition) is 1. The van der Waals surface area contributed by atoms with E-state index in [0.29, 0.717) is 10.6 Å². The summed E-state index contributed by atoms with van der Waals surface area (Å²) in [6.07, 6.45) is 3.00. The molecule has 1 unspecified atom stereocenters. The van der Waals surface area contributed by atoms with Crippen LogP contribution in [0.4, 0.5) is 10.1 Å². The number of pyridine rings is 1. The molecule has 0 bridgehead atoms. The van der Waals surface area contributed by atoms with Crippen LogP contribution in [0.15, 0.2) is 72.6 Å². The molecule has 156 valence electrons. The molecule has 31 heavy (non-hydrogen) atoms. The molecule has 1 aromatic heterocycles. The molecule has 1 amide bonds. The molecule has 4 rings (SSSR count). The van der Waals surface area contributed by atoms with Crippen LogP contribution in [-0.4, -0.2) is 28.9 Å². The summed E-state index contributed by atoms with van der Waals surface area (Å²) in [5.41, 5.74) is 0.689. The minimum atomic E-state index is -1.01. The molecule has 0 spiro atoms. The van der Waals surface area contributed by atoms with Gasteiger partial charge in [-0.2, -0.15) is 0 Å². The van der Waals surface area contributed by atoms with Gasteiger partial charge < -0.3 is 9.84 Å². The third-order valence-corrected chi connectivity index (χ3v) is 5.20. The highest BCUT2D eigenvalue weighted by atomic mass is 35.5. The van der Waals surface area contributed by atoms with Crippen LogP contribution >= 0.6 is 11.6 Å². The van der Waals surface area contributed by atoms with E-state index in [0.717, 1.165) is 11.0 Å². The molecule has 0 radical (unpaired) electrons. The van der Waals surface area contributed by atoms with E-state index in [4.69, 9.17) is 16.3 Å². The van der Waals surface area contributed by atoms with Crippen LogP contribution in [0.25, 0.3) is 5.76 Å². The van der Waals surface area contributed by atoms with Crippen molar-refractivity contribution in [1.82, 2.24) is 4.98 Å². The summed E-state index contributed by atoms with van der Waals surface area (Å²) in [5.74, 6) is -2.55. The van der Waals surface area contributed by atoms with E-state index in [2.05, 4.69) is 4.98 Å². The first-order valence-electron chi connectivity index (χ1n) is 9.22. The Morgan fingerprint density at radius 1 is 1.13 bits per heavy atom. The van der Waals surface area contributed by atoms with Crippen molar-refractivity contribution in [2.75, 3.05) is 12.0 Å². The van der Waals surface area contributed by atoms with Gasteiger partial charge in [0.05, 0.1) is 24.3 Å². The van der Waals surface area contributed by atoms with Gasteiger partial charge in [-0.15, -0.1) is 0 Å². The van der Waals surface area contributed by atoms with E-state index in [1.807, 2.05) is 0 Å². The zero-order valence-electron chi connectivity index (χ0n) is 16.3. The molecule has 3 aromatic rings. The smallest absolute Gasteiger partial charge is 0.300 e. The van der Waals surface area contributed by atoms with E-state index in [1.54, 1.807) is 24.3 Å². The van der Waals surface area contributed by atoms with Gasteiger partial charge in [-0.1, -0.05) is 17.7 Å². The number of aliphatic hydroxyl groups excluding tert-OH is 1. The molecule has 1 aliphatic rings. The molecular formula is C23H16ClFN2O4. The van der Waals surface area contributed by atoms with Crippen LogP contribution in [-0.2, 0) is 9.59 Å². The number of nitrogens with zero attached hydrogens (tertiary/aromatic N) is 2. The van der Waals surface area contributed by atoms with Crippen molar-refractivity contribution in [2.45, 2.75) is 6.04 Å². The van der Waals surface area contributed by atoms with Crippen molar-refractivity contribution in [1.29, 1.82) is 0 Å². The van der Waals surface area contributed by atoms with Gasteiger partial charge in [0.25, 0.3) is 11.7 Å². The van der Waals surface area contributed by atoms with Crippen LogP contribution in [0.1, 0.15) is 17.2 Å². The molecule has 2 aromatic carbocycles. The van der Waals surface area contributed by atoms with Crippen LogP contribution in [0, 0.1) is 5.82 Å². The first-order valence-corrected chi connectivity index (χ1v) is 9.60. The van der Waals surface area contributed by atoms with Gasteiger partial charge in [0.2, 0.25) is 0 Å². The minimum absolute atomic E-state index is 0.159. The lowest BCUT2D eigenvalue weighted by atomic mass is 9.95. The number of halogens is 2. The maximum Gasteiger partial charge on any atom is 0.300 e. The number of aromatic nitrogens is 1. The summed E-state index contributed by atoms with van der Waals surface area (Å²) in [6, 6.07) is 12.1. The van der Waals surface area contributed by atoms with Crippen molar-refractivity contribution in [3.63, 3.8) is 0 Å². The van der Waals surface area contributed by atoms with Gasteiger partial charge in [0.1, 0.15) is 17.3 Å². The quantitative estimate of drug-likeness (QED) is 0.368. The summed E-state index contributed by atoms with van der Waals surface area (Å²) in [5, 5.41) is 11.5. The Kier molecular flexibility index (Phi) is 5.44. The second-order valence-electron chi connectivity index (χ2n) is 6.77. The van der Waals surface area contributed by atoms with E-state index >= 15 is 0 Å². The number of benzene rings is 2. The summed E-state index contributed by atoms with van der Waals surface area (Å²) < 4.78 is 19.2. The van der Waals surface area contributed by atoms with Gasteiger partial charge >= 0.3 is 0 Å². The maximum absolute atomic E-state index is 13.9. The molecule has 0 saturated carbocycles. The highest BCUT2D eigenvalue weighted by molar-refractivity contribution is 6.51. The lowest BCUT2D eigenvalue weighted by Crippen LogP contribution is -2.29. The number of rotatable bonds is 4. The third-order valence-electron chi connectivity index (χ3n) is 4.97. The molecule has 6 nitrogen and oxygen atoms in total. The predicted octanol–water partition coefficient (Wildman–Crippen LogP) is 4.51. The lowest BCUT2D eigenvalue weighted by molar-refractivity contribution is -0.132. The Morgan fingerprint density at radius 3 is 2.55 bits per heavy atom. The Balaban J connectivity index is 1.99. The molecule has 1 fully saturated rings. The molecule has 2 heterocycles. The molecule has 8 heteroatoms. The second-order valence-corrected chi connectivity index (χ2v) is 7.21. The van der Waals surface area contributed by atoms with Gasteiger partial charge in [0, 0.05) is 23.1 Å². The predicted molar refractivity (Wildman–Crippen MR) is 113 cm³/mol. The Labute approximate surface area is 182 Å². The topological polar surface area (TPSA) is 79.7 Å². The molecule has 1 atom stereocenters. The second kappa shape index (κ2) is 8.20. The monoisotopic (exact) mass is 438 g/mol. The van der Waals surface area contributed by atoms with Crippen molar-refractivity contribution in [2.24, 2.45) is 0 Å². The van der Waals surface area contributed by atoms with Crippen molar-refractivity contribution in [3.8, 4) is 5.75 Å². The number of amides is 1. The summed E-state index contributed by atoms with van der Waals surface area (Å²) in [6.45, 7) is 0. The average Bonchev–Trinajstić information content (AvgIpc) is 3.04. The highest BCUT2D eigenvalue weighted by Crippen LogP contribution is 2.43. The number of ketones is 1. The van der Waals surface area contributed by atoms with Gasteiger partial charge in [-0.05, 0) is 54.1 Å². The minimum Gasteiger partial charge on any atom is -0.507 e. The zero-order chi connectivity index (χ0) is 22.1. The van der Waals surface area contributed by atoms with Crippen molar-refractivity contribution in [3.05, 3.63) is 94.5 Å². The number of carbonyl (C=O) groups excluding carboxylic acids is 2. The Morgan fingerprint density at radius 2 is 1.87 bits per heavy atom. The Hall–Kier alpha value is -3.71. The normalized spacial score (nSPS) is 17.8. The standard InChI is InChI=1S/C23H16ClFN2O4/c1-31-18-6-5-14(24)11-17(18)21(28)19-20(13-7-9-26-10-8-13)27(23(30)22(19)29)16-4-2-3-15(25)12-16/h2-12,20,28H,1H3/b21-19+. The van der Waals surface area contributed by atoms with E-state index in [1.165, 1.54) is 43.8 Å². The van der Waals surface area contributed by atoms with Gasteiger partial charge in [-0.3, -0.25) is 19.5 Å². The van der Waals surface area contributed by atoms with Crippen LogP contribution in [0.3, 0.4) is 0 Å². The summed E-state index contributed by atoms with van der Waals surface area (Å²) in [4.78, 5) is 31.2. The number of hydrogen-bond acceptors (Lipinski definition) is 5. The fourth-order valence-electron chi connectivity index (χ4n) is 3.60. The average molecular weight is 439 g/mol. The number of ether oxygens (including phenoxy) is 1. The van der Waals surface area contributed by atoms with E-state index in [-0.39, 0.29) is 22.6 Å². The van der Waals surface area contributed by atoms with E-state index < -0.39 is 29.3 Å². The highest BCUT2D eigenvalue weighted by Gasteiger charge is 2.47. The number of carbonyl (C=O) groups is 2. The van der Waals surface area contributed by atoms with E-state index in [9.17, 15) is 19.1 Å². The molecule has 0 aliphatic carbocycles. The fraction of sp³-hybridized carbons (Fsp3) is 0.0870. The van der Waals surface area contributed by atoms with Crippen molar-refractivity contribution >= 4 is 34.7 Å². The summed E-state index contributed by atoms with van der Waals surface area (Å²) >= 11 is 6.08. The van der Waals surface area contributed by atoms with Crippen molar-refractivity contribution < 1.29 is 23.8 Å². The van der Waals surface area contributed by atoms with Gasteiger partial charge in [-0.25, -0.2) is 4.39 Å². The summed E-state index contributed by atoms with van der Waals surface area (Å²) in [7, 11) is 1.41. The third kappa shape index (κ3) is 3.64. The first-order chi connectivity index (χ1) is 14.9. The van der Waals surface area contributed by atoms with Gasteiger partial charge in [0.15, 0.2) is 0 Å². The lowest BCUT2D eigenvalue weighted by Gasteiger charge is -2.25. The Bertz CT molecular complexity index is 1210. The van der Waals surface area contributed by atoms with Crippen LogP contribution in [0.2, 0.25) is 5.02 Å². The number of methoxy groups -OCH3 is 1. The maximum atomic E-state index is 13.9. The largest absolute Gasteiger partial charge is 0.507 e. The first kappa shape index (κ1) is 20.6. The van der Waals surface area contributed by atoms with Crippen LogP contribution < -0.4 is 9.64 Å². The fourth-order valence-corrected chi connectivity index (χ4v) is 3.77. The SMILES string of the molecule is COc1ccc(Cl)cc1/C(O)=C1\C(=O)C(=O)N(c2cccc(F)c2)C1c1ccncc1. The zero-order valence-corrected chi connectivity index (χ0v) is 17.0. The molecule has 1 saturated heterocycles. The molecular weight excluding hydrogens is 423 g/mol. The van der Waals surface area contributed by atoms with Crippen LogP contribution in [0.5, 0.6) is 5.75 Å². The number of aliphatic hydroxyl groups is 1. The number of anilines is 1. The molecule has 1 N–H and O–H groups in total. The number of Topliss-reactive ketones (excluding diaryl/α,β-unsaturated/α-hetero) is 1. The molecule has 1 aliphatic heterocycles.